The van der Waals surface area contributed by atoms with Gasteiger partial charge < -0.3 is 24.2 Å². The fourth-order valence-corrected chi connectivity index (χ4v) is 5.84. The van der Waals surface area contributed by atoms with Crippen LogP contribution in [-0.2, 0) is 39.1 Å². The Labute approximate surface area is 240 Å². The summed E-state index contributed by atoms with van der Waals surface area (Å²) in [6.45, 7) is 1.49. The highest BCUT2D eigenvalue weighted by atomic mass is 31.2. The molecular weight excluding hydrogens is 547 g/mol. The van der Waals surface area contributed by atoms with Crippen LogP contribution >= 0.6 is 7.75 Å². The normalized spacial score (nSPS) is 15.4. The van der Waals surface area contributed by atoms with Crippen molar-refractivity contribution < 1.29 is 32.7 Å². The summed E-state index contributed by atoms with van der Waals surface area (Å²) in [5.74, 6) is -1.19. The predicted octanol–water partition coefficient (Wildman–Crippen LogP) is 4.51. The number of allylic oxidation sites excluding steroid dienone is 2. The molecule has 12 heteroatoms. The number of nitrogens with zero attached hydrogens (tertiary/aromatic N) is 4. The van der Waals surface area contributed by atoms with Crippen molar-refractivity contribution in [2.45, 2.75) is 26.2 Å². The van der Waals surface area contributed by atoms with E-state index in [1.54, 1.807) is 42.5 Å². The van der Waals surface area contributed by atoms with Gasteiger partial charge in [0.05, 0.1) is 16.7 Å². The molecule has 220 valence electrons. The fourth-order valence-electron chi connectivity index (χ4n) is 4.43. The molecule has 0 spiro atoms. The highest BCUT2D eigenvalue weighted by molar-refractivity contribution is 7.52. The second kappa shape index (κ2) is 13.4. The van der Waals surface area contributed by atoms with Gasteiger partial charge in [0.1, 0.15) is 0 Å². The first kappa shape index (κ1) is 30.3. The molecule has 0 N–H and O–H groups in total. The number of benzene rings is 1. The van der Waals surface area contributed by atoms with Gasteiger partial charge in [-0.25, -0.2) is 14.2 Å². The van der Waals surface area contributed by atoms with Gasteiger partial charge in [-0.2, -0.15) is 0 Å². The molecule has 0 bridgehead atoms. The zero-order chi connectivity index (χ0) is 29.6. The molecule has 4 rings (SSSR count). The van der Waals surface area contributed by atoms with Gasteiger partial charge in [-0.1, -0.05) is 23.8 Å². The van der Waals surface area contributed by atoms with Crippen molar-refractivity contribution in [2.24, 2.45) is 0 Å². The van der Waals surface area contributed by atoms with Crippen molar-refractivity contribution in [3.05, 3.63) is 83.6 Å². The minimum absolute atomic E-state index is 0.407. The Kier molecular flexibility index (Phi) is 9.88. The Bertz CT molecular complexity index is 1400. The van der Waals surface area contributed by atoms with Gasteiger partial charge in [-0.3, -0.25) is 13.4 Å². The molecular formula is C29H37N4O7P. The topological polar surface area (TPSA) is 103 Å². The SMILES string of the molecule is Cc1ccc2c(c1)c(CCN(C)C)cn2P(=O)(OCOC(=O)C1=CN(C)C=CC1)OCOC(=O)C1=CN(C)C=CC1. The highest BCUT2D eigenvalue weighted by Gasteiger charge is 2.32. The van der Waals surface area contributed by atoms with Gasteiger partial charge in [0.2, 0.25) is 13.6 Å². The monoisotopic (exact) mass is 584 g/mol. The quantitative estimate of drug-likeness (QED) is 0.201. The summed E-state index contributed by atoms with van der Waals surface area (Å²) in [6, 6.07) is 5.75. The Morgan fingerprint density at radius 3 is 2.00 bits per heavy atom. The molecule has 1 aromatic heterocycles. The van der Waals surface area contributed by atoms with Crippen LogP contribution in [0.5, 0.6) is 0 Å². The van der Waals surface area contributed by atoms with Gasteiger partial charge >= 0.3 is 19.7 Å². The Morgan fingerprint density at radius 1 is 0.927 bits per heavy atom. The largest absolute Gasteiger partial charge is 0.445 e. The molecule has 41 heavy (non-hydrogen) atoms. The summed E-state index contributed by atoms with van der Waals surface area (Å²) >= 11 is 0. The predicted molar refractivity (Wildman–Crippen MR) is 155 cm³/mol. The molecule has 0 saturated carbocycles. The molecule has 1 aromatic carbocycles. The van der Waals surface area contributed by atoms with Crippen molar-refractivity contribution in [1.29, 1.82) is 0 Å². The van der Waals surface area contributed by atoms with Crippen LogP contribution in [0.25, 0.3) is 10.9 Å². The van der Waals surface area contributed by atoms with Crippen LogP contribution in [0.2, 0.25) is 0 Å². The summed E-state index contributed by atoms with van der Waals surface area (Å²) in [6.07, 6.45) is 13.9. The molecule has 2 aliphatic rings. The van der Waals surface area contributed by atoms with E-state index >= 15 is 0 Å². The van der Waals surface area contributed by atoms with E-state index in [0.717, 1.165) is 23.1 Å². The lowest BCUT2D eigenvalue weighted by atomic mass is 10.1. The summed E-state index contributed by atoms with van der Waals surface area (Å²) in [7, 11) is 3.34. The van der Waals surface area contributed by atoms with Crippen LogP contribution in [-0.4, -0.2) is 79.3 Å². The van der Waals surface area contributed by atoms with Gasteiger partial charge in [-0.05, 0) is 57.5 Å². The van der Waals surface area contributed by atoms with Crippen LogP contribution in [0.4, 0.5) is 0 Å². The number of aromatic nitrogens is 1. The lowest BCUT2D eigenvalue weighted by Gasteiger charge is -2.21. The minimum atomic E-state index is -4.21. The van der Waals surface area contributed by atoms with Gasteiger partial charge in [0.15, 0.2) is 0 Å². The molecule has 0 radical (unpaired) electrons. The molecule has 11 nitrogen and oxygen atoms in total. The number of carbonyl (C=O) groups is 2. The third kappa shape index (κ3) is 7.77. The average Bonchev–Trinajstić information content (AvgIpc) is 3.30. The molecule has 0 unspecified atom stereocenters. The first-order valence-electron chi connectivity index (χ1n) is 13.2. The second-order valence-corrected chi connectivity index (χ2v) is 12.1. The zero-order valence-corrected chi connectivity index (χ0v) is 25.0. The van der Waals surface area contributed by atoms with Crippen LogP contribution in [0.1, 0.15) is 24.0 Å². The standard InChI is InChI=1S/C29H37N4O7P/c1-22-10-11-27-26(16-22)23(12-15-30(2)3)19-33(27)41(36,39-20-37-28(34)24-8-6-13-31(4)17-24)40-21-38-29(35)25-9-7-14-32(5)18-25/h6-7,10-11,13-14,16-19H,8-9,12,15,20-21H2,1-5H3. The first-order valence-corrected chi connectivity index (χ1v) is 14.7. The number of hydrogen-bond acceptors (Lipinski definition) is 10. The molecule has 0 aliphatic carbocycles. The van der Waals surface area contributed by atoms with Crippen molar-refractivity contribution >= 4 is 30.6 Å². The number of esters is 2. The molecule has 2 aliphatic heterocycles. The molecule has 2 aromatic rings. The number of likely N-dealkylation sites (N-methyl/N-ethyl adjacent to an activating group) is 1. The van der Waals surface area contributed by atoms with Crippen molar-refractivity contribution in [3.63, 3.8) is 0 Å². The minimum Gasteiger partial charge on any atom is -0.434 e. The number of hydrogen-bond donors (Lipinski definition) is 0. The molecule has 0 atom stereocenters. The van der Waals surface area contributed by atoms with E-state index in [-0.39, 0.29) is 0 Å². The van der Waals surface area contributed by atoms with E-state index in [1.165, 1.54) is 4.34 Å². The average molecular weight is 585 g/mol. The van der Waals surface area contributed by atoms with Crippen LogP contribution in [0, 0.1) is 6.92 Å². The van der Waals surface area contributed by atoms with Gasteiger partial charge in [-0.15, -0.1) is 0 Å². The first-order chi connectivity index (χ1) is 19.6. The van der Waals surface area contributed by atoms with E-state index in [1.807, 2.05) is 63.8 Å². The zero-order valence-electron chi connectivity index (χ0n) is 24.1. The van der Waals surface area contributed by atoms with Gasteiger partial charge in [0, 0.05) is 57.5 Å². The number of fused-ring (bicyclic) bond motifs is 1. The number of rotatable bonds is 12. The molecule has 0 saturated heterocycles. The lowest BCUT2D eigenvalue weighted by molar-refractivity contribution is -0.147. The van der Waals surface area contributed by atoms with Crippen LogP contribution in [0.3, 0.4) is 0 Å². The van der Waals surface area contributed by atoms with Gasteiger partial charge in [0.25, 0.3) is 0 Å². The number of ether oxygens (including phenoxy) is 2. The smallest absolute Gasteiger partial charge is 0.434 e. The van der Waals surface area contributed by atoms with E-state index in [2.05, 4.69) is 4.90 Å². The maximum atomic E-state index is 14.3. The van der Waals surface area contributed by atoms with E-state index < -0.39 is 33.3 Å². The number of carbonyl (C=O) groups excluding carboxylic acids is 2. The Hall–Kier alpha value is -3.63. The van der Waals surface area contributed by atoms with Crippen LogP contribution < -0.4 is 0 Å². The molecule has 0 amide bonds. The highest BCUT2D eigenvalue weighted by Crippen LogP contribution is 2.52. The fraction of sp³-hybridized carbons (Fsp3) is 0.379. The Balaban J connectivity index is 1.56. The second-order valence-electron chi connectivity index (χ2n) is 10.2. The van der Waals surface area contributed by atoms with E-state index in [0.29, 0.717) is 35.9 Å². The summed E-state index contributed by atoms with van der Waals surface area (Å²) in [5, 5.41) is 0.901. The van der Waals surface area contributed by atoms with E-state index in [9.17, 15) is 14.2 Å². The maximum absolute atomic E-state index is 14.3. The lowest BCUT2D eigenvalue weighted by Crippen LogP contribution is -2.18. The van der Waals surface area contributed by atoms with E-state index in [4.69, 9.17) is 18.5 Å². The maximum Gasteiger partial charge on any atom is 0.445 e. The molecule has 3 heterocycles. The number of aryl methyl sites for hydroxylation is 1. The summed E-state index contributed by atoms with van der Waals surface area (Å²) in [4.78, 5) is 30.8. The van der Waals surface area contributed by atoms with Crippen molar-refractivity contribution in [2.75, 3.05) is 48.3 Å². The molecule has 0 fully saturated rings. The van der Waals surface area contributed by atoms with Crippen molar-refractivity contribution in [1.82, 2.24) is 19.0 Å². The van der Waals surface area contributed by atoms with Crippen LogP contribution in [0.15, 0.2) is 72.5 Å². The Morgan fingerprint density at radius 2 is 1.49 bits per heavy atom. The third-order valence-corrected chi connectivity index (χ3v) is 8.25. The summed E-state index contributed by atoms with van der Waals surface area (Å²) in [5.41, 5.74) is 3.46. The summed E-state index contributed by atoms with van der Waals surface area (Å²) < 4.78 is 37.7. The third-order valence-electron chi connectivity index (χ3n) is 6.53. The van der Waals surface area contributed by atoms with Crippen molar-refractivity contribution in [3.8, 4) is 0 Å².